The topological polar surface area (TPSA) is 94.9 Å². The molecule has 0 radical (unpaired) electrons. The Labute approximate surface area is 175 Å². The third-order valence-corrected chi connectivity index (χ3v) is 5.31. The number of ketones is 1. The number of Topliss-reactive ketones (excluding diaryl/α,β-unsaturated/α-hetero) is 1. The van der Waals surface area contributed by atoms with Gasteiger partial charge in [-0.25, -0.2) is 0 Å². The highest BCUT2D eigenvalue weighted by molar-refractivity contribution is 9.10. The minimum absolute atomic E-state index is 0.00815. The number of methoxy groups -OCH3 is 1. The largest absolute Gasteiger partial charge is 0.497 e. The van der Waals surface area contributed by atoms with Crippen LogP contribution >= 0.6 is 15.9 Å². The molecule has 0 aliphatic heterocycles. The Balaban J connectivity index is 1.85. The predicted molar refractivity (Wildman–Crippen MR) is 111 cm³/mol. The second-order valence-electron chi connectivity index (χ2n) is 6.47. The average Bonchev–Trinajstić information content (AvgIpc) is 3.31. The molecule has 9 heteroatoms. The van der Waals surface area contributed by atoms with Gasteiger partial charge in [0.1, 0.15) is 11.5 Å². The standard InChI is InChI=1S/C20H18BrN5O3/c1-11-20(12(2)27)15-8-18(29-10-19-22-24-25-23-19)16(21)9-17(15)26(11)13-4-6-14(28-3)7-5-13/h4-9H,10H2,1-3H3,(H,22,23,24,25). The van der Waals surface area contributed by atoms with Crippen molar-refractivity contribution < 1.29 is 14.3 Å². The van der Waals surface area contributed by atoms with E-state index in [1.807, 2.05) is 43.3 Å². The highest BCUT2D eigenvalue weighted by Gasteiger charge is 2.20. The fourth-order valence-corrected chi connectivity index (χ4v) is 3.87. The molecule has 0 aliphatic rings. The Bertz CT molecular complexity index is 1180. The van der Waals surface area contributed by atoms with Gasteiger partial charge in [0.2, 0.25) is 5.82 Å². The fourth-order valence-electron chi connectivity index (χ4n) is 3.42. The van der Waals surface area contributed by atoms with Gasteiger partial charge in [-0.1, -0.05) is 5.21 Å². The number of hydrogen-bond acceptors (Lipinski definition) is 6. The number of ether oxygens (including phenoxy) is 2. The lowest BCUT2D eigenvalue weighted by Gasteiger charge is -2.11. The molecular formula is C20H18BrN5O3. The number of fused-ring (bicyclic) bond motifs is 1. The number of halogens is 1. The Hall–Kier alpha value is -3.20. The molecule has 0 spiro atoms. The second kappa shape index (κ2) is 7.67. The summed E-state index contributed by atoms with van der Waals surface area (Å²) in [7, 11) is 1.63. The summed E-state index contributed by atoms with van der Waals surface area (Å²) in [6, 6.07) is 11.5. The number of hydrogen-bond donors (Lipinski definition) is 1. The second-order valence-corrected chi connectivity index (χ2v) is 7.32. The summed E-state index contributed by atoms with van der Waals surface area (Å²) in [4.78, 5) is 12.4. The first-order valence-electron chi connectivity index (χ1n) is 8.84. The zero-order valence-corrected chi connectivity index (χ0v) is 17.6. The fraction of sp³-hybridized carbons (Fsp3) is 0.200. The number of benzene rings is 2. The molecule has 0 unspecified atom stereocenters. The van der Waals surface area contributed by atoms with E-state index < -0.39 is 0 Å². The lowest BCUT2D eigenvalue weighted by Crippen LogP contribution is -2.00. The molecule has 0 fully saturated rings. The van der Waals surface area contributed by atoms with Crippen LogP contribution in [0.3, 0.4) is 0 Å². The summed E-state index contributed by atoms with van der Waals surface area (Å²) in [5.41, 5.74) is 3.36. The van der Waals surface area contributed by atoms with Crippen LogP contribution in [0.4, 0.5) is 0 Å². The number of carbonyl (C=O) groups is 1. The van der Waals surface area contributed by atoms with Crippen LogP contribution in [-0.2, 0) is 6.61 Å². The van der Waals surface area contributed by atoms with E-state index >= 15 is 0 Å². The molecular weight excluding hydrogens is 438 g/mol. The molecule has 8 nitrogen and oxygen atoms in total. The van der Waals surface area contributed by atoms with Crippen molar-refractivity contribution in [2.45, 2.75) is 20.5 Å². The zero-order chi connectivity index (χ0) is 20.5. The minimum Gasteiger partial charge on any atom is -0.497 e. The van der Waals surface area contributed by atoms with Gasteiger partial charge in [0, 0.05) is 22.3 Å². The number of rotatable bonds is 6. The smallest absolute Gasteiger partial charge is 0.211 e. The SMILES string of the molecule is COc1ccc(-n2c(C)c(C(C)=O)c3cc(OCc4nn[nH]n4)c(Br)cc32)cc1. The number of H-pyrrole nitrogens is 1. The van der Waals surface area contributed by atoms with Gasteiger partial charge in [0.15, 0.2) is 12.4 Å². The van der Waals surface area contributed by atoms with Crippen LogP contribution in [0.25, 0.3) is 16.6 Å². The number of tetrazole rings is 1. The lowest BCUT2D eigenvalue weighted by atomic mass is 10.1. The van der Waals surface area contributed by atoms with E-state index in [-0.39, 0.29) is 12.4 Å². The van der Waals surface area contributed by atoms with Crippen molar-refractivity contribution in [1.82, 2.24) is 25.2 Å². The molecule has 0 amide bonds. The maximum Gasteiger partial charge on any atom is 0.211 e. The predicted octanol–water partition coefficient (Wildman–Crippen LogP) is 4.00. The van der Waals surface area contributed by atoms with E-state index in [9.17, 15) is 4.79 Å². The van der Waals surface area contributed by atoms with Gasteiger partial charge in [-0.2, -0.15) is 5.21 Å². The first kappa shape index (κ1) is 19.1. The van der Waals surface area contributed by atoms with Crippen LogP contribution in [0, 0.1) is 6.92 Å². The van der Waals surface area contributed by atoms with E-state index in [1.54, 1.807) is 14.0 Å². The third-order valence-electron chi connectivity index (χ3n) is 4.69. The van der Waals surface area contributed by atoms with E-state index in [4.69, 9.17) is 9.47 Å². The molecule has 2 aromatic heterocycles. The number of carbonyl (C=O) groups excluding carboxylic acids is 1. The number of aromatic nitrogens is 5. The van der Waals surface area contributed by atoms with E-state index in [2.05, 4.69) is 41.1 Å². The van der Waals surface area contributed by atoms with Crippen LogP contribution in [-0.4, -0.2) is 38.1 Å². The molecule has 4 rings (SSSR count). The summed E-state index contributed by atoms with van der Waals surface area (Å²) in [5.74, 6) is 1.80. The number of nitrogens with one attached hydrogen (secondary N) is 1. The van der Waals surface area contributed by atoms with Gasteiger partial charge in [-0.15, -0.1) is 10.2 Å². The Morgan fingerprint density at radius 1 is 1.24 bits per heavy atom. The van der Waals surface area contributed by atoms with Crippen molar-refractivity contribution in [3.63, 3.8) is 0 Å². The monoisotopic (exact) mass is 455 g/mol. The van der Waals surface area contributed by atoms with Crippen LogP contribution in [0.1, 0.15) is 28.8 Å². The molecule has 4 aromatic rings. The molecule has 0 atom stereocenters. The first-order chi connectivity index (χ1) is 14.0. The summed E-state index contributed by atoms with van der Waals surface area (Å²) in [6.07, 6.45) is 0. The molecule has 29 heavy (non-hydrogen) atoms. The van der Waals surface area contributed by atoms with Crippen molar-refractivity contribution in [3.8, 4) is 17.2 Å². The molecule has 0 saturated heterocycles. The van der Waals surface area contributed by atoms with E-state index in [0.29, 0.717) is 17.1 Å². The van der Waals surface area contributed by atoms with Gasteiger partial charge in [-0.05, 0) is 66.2 Å². The normalized spacial score (nSPS) is 11.0. The first-order valence-corrected chi connectivity index (χ1v) is 9.64. The van der Waals surface area contributed by atoms with Crippen LogP contribution in [0.2, 0.25) is 0 Å². The zero-order valence-electron chi connectivity index (χ0n) is 16.1. The molecule has 0 bridgehead atoms. The molecule has 0 saturated carbocycles. The quantitative estimate of drug-likeness (QED) is 0.441. The summed E-state index contributed by atoms with van der Waals surface area (Å²) >= 11 is 3.57. The van der Waals surface area contributed by atoms with Crippen LogP contribution < -0.4 is 9.47 Å². The summed E-state index contributed by atoms with van der Waals surface area (Å²) < 4.78 is 13.9. The van der Waals surface area contributed by atoms with Crippen LogP contribution in [0.5, 0.6) is 11.5 Å². The molecule has 2 aromatic carbocycles. The van der Waals surface area contributed by atoms with Crippen molar-refractivity contribution in [1.29, 1.82) is 0 Å². The Morgan fingerprint density at radius 2 is 2.00 bits per heavy atom. The van der Waals surface area contributed by atoms with Crippen molar-refractivity contribution in [2.75, 3.05) is 7.11 Å². The molecule has 0 aliphatic carbocycles. The average molecular weight is 456 g/mol. The van der Waals surface area contributed by atoms with Crippen LogP contribution in [0.15, 0.2) is 40.9 Å². The highest BCUT2D eigenvalue weighted by Crippen LogP contribution is 2.37. The number of aromatic amines is 1. The summed E-state index contributed by atoms with van der Waals surface area (Å²) in [5, 5.41) is 14.5. The minimum atomic E-state index is -0.00815. The van der Waals surface area contributed by atoms with Crippen molar-refractivity contribution in [3.05, 3.63) is 58.0 Å². The molecule has 148 valence electrons. The Morgan fingerprint density at radius 3 is 2.62 bits per heavy atom. The van der Waals surface area contributed by atoms with Gasteiger partial charge in [0.25, 0.3) is 0 Å². The molecule has 1 N–H and O–H groups in total. The lowest BCUT2D eigenvalue weighted by molar-refractivity contribution is 0.101. The van der Waals surface area contributed by atoms with Gasteiger partial charge >= 0.3 is 0 Å². The Kier molecular flexibility index (Phi) is 5.06. The number of nitrogens with zero attached hydrogens (tertiary/aromatic N) is 4. The van der Waals surface area contributed by atoms with Crippen molar-refractivity contribution >= 4 is 32.6 Å². The van der Waals surface area contributed by atoms with E-state index in [1.165, 1.54) is 0 Å². The van der Waals surface area contributed by atoms with Gasteiger partial charge in [-0.3, -0.25) is 4.79 Å². The third kappa shape index (κ3) is 3.49. The summed E-state index contributed by atoms with van der Waals surface area (Å²) in [6.45, 7) is 3.67. The highest BCUT2D eigenvalue weighted by atomic mass is 79.9. The maximum absolute atomic E-state index is 12.4. The van der Waals surface area contributed by atoms with Gasteiger partial charge < -0.3 is 14.0 Å². The van der Waals surface area contributed by atoms with Gasteiger partial charge in [0.05, 0.1) is 17.1 Å². The van der Waals surface area contributed by atoms with E-state index in [0.717, 1.165) is 32.5 Å². The maximum atomic E-state index is 12.4. The van der Waals surface area contributed by atoms with Crippen molar-refractivity contribution in [2.24, 2.45) is 0 Å². The molecule has 2 heterocycles.